The van der Waals surface area contributed by atoms with Crippen LogP contribution < -0.4 is 11.1 Å². The number of nitrogens with two attached hydrogens (primary N) is 1. The predicted octanol–water partition coefficient (Wildman–Crippen LogP) is 2.96. The third kappa shape index (κ3) is 3.36. The fourth-order valence-corrected chi connectivity index (χ4v) is 7.36. The first-order chi connectivity index (χ1) is 15.1. The van der Waals surface area contributed by atoms with Crippen molar-refractivity contribution in [3.8, 4) is 0 Å². The summed E-state index contributed by atoms with van der Waals surface area (Å²) in [7, 11) is 0. The van der Waals surface area contributed by atoms with Crippen LogP contribution in [-0.4, -0.2) is 50.6 Å². The van der Waals surface area contributed by atoms with Gasteiger partial charge in [-0.1, -0.05) is 0 Å². The van der Waals surface area contributed by atoms with Crippen LogP contribution in [-0.2, 0) is 11.0 Å². The number of anilines is 1. The molecule has 2 amide bonds. The zero-order valence-corrected chi connectivity index (χ0v) is 17.4. The quantitative estimate of drug-likeness (QED) is 0.645. The minimum atomic E-state index is -4.66. The van der Waals surface area contributed by atoms with Crippen molar-refractivity contribution in [2.75, 3.05) is 11.9 Å². The van der Waals surface area contributed by atoms with Gasteiger partial charge in [0.05, 0.1) is 12.1 Å². The molecule has 1 aromatic heterocycles. The number of alkyl halides is 3. The van der Waals surface area contributed by atoms with E-state index < -0.39 is 29.6 Å². The third-order valence-corrected chi connectivity index (χ3v) is 8.20. The van der Waals surface area contributed by atoms with Crippen LogP contribution in [0, 0.1) is 29.1 Å². The van der Waals surface area contributed by atoms with Crippen LogP contribution in [0.2, 0.25) is 0 Å². The summed E-state index contributed by atoms with van der Waals surface area (Å²) in [5.41, 5.74) is 5.29. The number of primary amides is 1. The Morgan fingerprint density at radius 3 is 2.50 bits per heavy atom. The van der Waals surface area contributed by atoms with E-state index in [1.807, 2.05) is 0 Å². The summed E-state index contributed by atoms with van der Waals surface area (Å²) in [4.78, 5) is 32.7. The number of hydrogen-bond donors (Lipinski definition) is 3. The fraction of sp³-hybridized carbons (Fsp3) is 0.714. The summed E-state index contributed by atoms with van der Waals surface area (Å²) in [5.74, 6) is -0.625. The van der Waals surface area contributed by atoms with Crippen molar-refractivity contribution in [2.24, 2.45) is 34.8 Å². The molecule has 4 saturated carbocycles. The van der Waals surface area contributed by atoms with Crippen LogP contribution in [0.3, 0.4) is 0 Å². The Balaban J connectivity index is 1.43. The zero-order valence-electron chi connectivity index (χ0n) is 17.4. The van der Waals surface area contributed by atoms with E-state index in [4.69, 9.17) is 5.73 Å². The van der Waals surface area contributed by atoms with Crippen molar-refractivity contribution in [1.82, 2.24) is 14.9 Å². The predicted molar refractivity (Wildman–Crippen MR) is 106 cm³/mol. The van der Waals surface area contributed by atoms with Gasteiger partial charge < -0.3 is 21.1 Å². The molecule has 1 aliphatic heterocycles. The molecule has 0 radical (unpaired) electrons. The molecule has 32 heavy (non-hydrogen) atoms. The summed E-state index contributed by atoms with van der Waals surface area (Å²) in [6.07, 6.45) is -0.125. The molecular formula is C21H26F3N5O3. The van der Waals surface area contributed by atoms with Gasteiger partial charge in [0.2, 0.25) is 11.7 Å². The lowest BCUT2D eigenvalue weighted by Crippen LogP contribution is -2.61. The molecule has 5 unspecified atom stereocenters. The lowest BCUT2D eigenvalue weighted by molar-refractivity contribution is -0.154. The van der Waals surface area contributed by atoms with Crippen LogP contribution in [0.4, 0.5) is 23.8 Å². The number of nitrogens with zero attached hydrogens (tertiary/aromatic N) is 3. The second kappa shape index (κ2) is 7.21. The molecule has 5 fully saturated rings. The minimum absolute atomic E-state index is 0.0342. The van der Waals surface area contributed by atoms with Gasteiger partial charge in [-0.3, -0.25) is 4.79 Å². The Kier molecular flexibility index (Phi) is 4.79. The number of halogens is 3. The molecule has 2 heterocycles. The van der Waals surface area contributed by atoms with Gasteiger partial charge in [0.15, 0.2) is 0 Å². The highest BCUT2D eigenvalue weighted by molar-refractivity contribution is 5.81. The Hall–Kier alpha value is -2.59. The van der Waals surface area contributed by atoms with Gasteiger partial charge >= 0.3 is 12.3 Å². The highest BCUT2D eigenvalue weighted by Crippen LogP contribution is 2.63. The van der Waals surface area contributed by atoms with E-state index in [0.29, 0.717) is 31.7 Å². The van der Waals surface area contributed by atoms with Gasteiger partial charge in [0.1, 0.15) is 5.82 Å². The number of carbonyl (C=O) groups is 2. The van der Waals surface area contributed by atoms with Gasteiger partial charge in [-0.25, -0.2) is 14.8 Å². The zero-order chi connectivity index (χ0) is 22.8. The van der Waals surface area contributed by atoms with Crippen LogP contribution in [0.15, 0.2) is 12.3 Å². The van der Waals surface area contributed by atoms with E-state index in [-0.39, 0.29) is 35.5 Å². The SMILES string of the molecule is NC(=O)C12CC3CC(C1)C([C@@H]1C(Nc4ccnc(C(F)(F)F)n4)CCN1C(=O)O)[C@@H](C3)C2. The monoisotopic (exact) mass is 453 g/mol. The van der Waals surface area contributed by atoms with E-state index in [1.165, 1.54) is 11.0 Å². The number of hydrogen-bond acceptors (Lipinski definition) is 5. The van der Waals surface area contributed by atoms with Crippen LogP contribution in [0.1, 0.15) is 44.3 Å². The highest BCUT2D eigenvalue weighted by Gasteiger charge is 2.61. The van der Waals surface area contributed by atoms with Gasteiger partial charge in [0, 0.05) is 18.2 Å². The molecule has 1 saturated heterocycles. The summed E-state index contributed by atoms with van der Waals surface area (Å²) < 4.78 is 39.1. The third-order valence-electron chi connectivity index (χ3n) is 8.20. The first-order valence-corrected chi connectivity index (χ1v) is 11.0. The second-order valence-corrected chi connectivity index (χ2v) is 9.96. The topological polar surface area (TPSA) is 121 Å². The van der Waals surface area contributed by atoms with Gasteiger partial charge in [-0.15, -0.1) is 0 Å². The Morgan fingerprint density at radius 2 is 1.91 bits per heavy atom. The minimum Gasteiger partial charge on any atom is -0.465 e. The average molecular weight is 453 g/mol. The Labute approximate surface area is 182 Å². The van der Waals surface area contributed by atoms with Crippen LogP contribution >= 0.6 is 0 Å². The van der Waals surface area contributed by atoms with Crippen LogP contribution in [0.5, 0.6) is 0 Å². The van der Waals surface area contributed by atoms with E-state index >= 15 is 0 Å². The molecule has 4 N–H and O–H groups in total. The number of carboxylic acid groups (broad SMARTS) is 1. The molecule has 0 aromatic carbocycles. The maximum Gasteiger partial charge on any atom is 0.451 e. The van der Waals surface area contributed by atoms with E-state index in [2.05, 4.69) is 15.3 Å². The molecule has 7 atom stereocenters. The number of likely N-dealkylation sites (tertiary alicyclic amines) is 1. The van der Waals surface area contributed by atoms with E-state index in [1.54, 1.807) is 0 Å². The number of aromatic nitrogens is 2. The van der Waals surface area contributed by atoms with Crippen molar-refractivity contribution in [3.05, 3.63) is 18.1 Å². The maximum absolute atomic E-state index is 13.0. The molecule has 174 valence electrons. The van der Waals surface area contributed by atoms with Gasteiger partial charge in [-0.2, -0.15) is 13.2 Å². The lowest BCUT2D eigenvalue weighted by atomic mass is 9.44. The average Bonchev–Trinajstić information content (AvgIpc) is 3.10. The molecule has 6 rings (SSSR count). The second-order valence-electron chi connectivity index (χ2n) is 9.96. The standard InChI is InChI=1S/C21H26F3N5O3/c22-21(23,24)18-26-3-1-14(28-18)27-13-2-4-29(19(31)32)16(13)15-11-5-10-6-12(15)9-20(7-10,8-11)17(25)30/h1,3,10-13,15-16H,2,4-9H2,(H2,25,30)(H,31,32)(H,26,27,28)/t10?,11-,12?,13?,15?,16-,20?/m0/s1. The number of carbonyl (C=O) groups excluding carboxylic acids is 1. The van der Waals surface area contributed by atoms with Crippen molar-refractivity contribution in [1.29, 1.82) is 0 Å². The summed E-state index contributed by atoms with van der Waals surface area (Å²) in [6.45, 7) is 0.301. The van der Waals surface area contributed by atoms with Crippen LogP contribution in [0.25, 0.3) is 0 Å². The first-order valence-electron chi connectivity index (χ1n) is 11.0. The molecule has 0 spiro atoms. The summed E-state index contributed by atoms with van der Waals surface area (Å²) in [6, 6.07) is 0.611. The molecular weight excluding hydrogens is 427 g/mol. The molecule has 5 aliphatic rings. The van der Waals surface area contributed by atoms with E-state index in [0.717, 1.165) is 25.5 Å². The molecule has 4 aliphatic carbocycles. The normalized spacial score (nSPS) is 38.2. The number of rotatable bonds is 4. The van der Waals surface area contributed by atoms with Gasteiger partial charge in [-0.05, 0) is 68.3 Å². The summed E-state index contributed by atoms with van der Waals surface area (Å²) in [5, 5.41) is 12.9. The van der Waals surface area contributed by atoms with Gasteiger partial charge in [0.25, 0.3) is 0 Å². The largest absolute Gasteiger partial charge is 0.465 e. The number of nitrogens with one attached hydrogen (secondary N) is 1. The molecule has 11 heteroatoms. The van der Waals surface area contributed by atoms with E-state index in [9.17, 15) is 27.9 Å². The molecule has 8 nitrogen and oxygen atoms in total. The molecule has 1 aromatic rings. The van der Waals surface area contributed by atoms with Crippen molar-refractivity contribution >= 4 is 17.8 Å². The van der Waals surface area contributed by atoms with Crippen molar-refractivity contribution in [3.63, 3.8) is 0 Å². The maximum atomic E-state index is 13.0. The lowest BCUT2D eigenvalue weighted by Gasteiger charge is -2.61. The highest BCUT2D eigenvalue weighted by atomic mass is 19.4. The molecule has 4 bridgehead atoms. The number of amides is 2. The summed E-state index contributed by atoms with van der Waals surface area (Å²) >= 11 is 0. The first kappa shape index (κ1) is 21.3. The fourth-order valence-electron chi connectivity index (χ4n) is 7.36. The smallest absolute Gasteiger partial charge is 0.451 e. The van der Waals surface area contributed by atoms with Crippen molar-refractivity contribution < 1.29 is 27.9 Å². The van der Waals surface area contributed by atoms with Crippen molar-refractivity contribution in [2.45, 2.75) is 56.8 Å². The Bertz CT molecular complexity index is 926. The Morgan fingerprint density at radius 1 is 1.22 bits per heavy atom.